The van der Waals surface area contributed by atoms with Crippen molar-refractivity contribution in [3.63, 3.8) is 0 Å². The number of methoxy groups -OCH3 is 2. The number of benzene rings is 2. The van der Waals surface area contributed by atoms with E-state index in [0.717, 1.165) is 42.6 Å². The van der Waals surface area contributed by atoms with Crippen LogP contribution < -0.4 is 9.47 Å². The summed E-state index contributed by atoms with van der Waals surface area (Å²) >= 11 is 0. The first-order chi connectivity index (χ1) is 16.1. The number of aromatic nitrogens is 2. The Morgan fingerprint density at radius 3 is 2.55 bits per heavy atom. The molecule has 8 heteroatoms. The van der Waals surface area contributed by atoms with Crippen LogP contribution in [0.2, 0.25) is 0 Å². The van der Waals surface area contributed by atoms with Crippen molar-refractivity contribution >= 4 is 16.9 Å². The average molecular weight is 454 g/mol. The molecule has 0 bridgehead atoms. The fourth-order valence-electron chi connectivity index (χ4n) is 4.94. The molecule has 3 aromatic rings. The van der Waals surface area contributed by atoms with Gasteiger partial charge in [-0.25, -0.2) is 9.37 Å². The van der Waals surface area contributed by atoms with Crippen LogP contribution >= 0.6 is 0 Å². The van der Waals surface area contributed by atoms with E-state index in [1.807, 2.05) is 23.1 Å². The minimum absolute atomic E-state index is 0.101. The van der Waals surface area contributed by atoms with Crippen LogP contribution in [0, 0.1) is 5.82 Å². The Kier molecular flexibility index (Phi) is 5.93. The van der Waals surface area contributed by atoms with E-state index in [1.165, 1.54) is 12.1 Å². The molecular weight excluding hydrogens is 425 g/mol. The third-order valence-electron chi connectivity index (χ3n) is 6.64. The Morgan fingerprint density at radius 2 is 1.85 bits per heavy atom. The molecule has 174 valence electrons. The molecule has 5 rings (SSSR count). The lowest BCUT2D eigenvalue weighted by Gasteiger charge is -2.34. The van der Waals surface area contributed by atoms with Crippen LogP contribution in [0.1, 0.15) is 31.7 Å². The van der Waals surface area contributed by atoms with Crippen LogP contribution in [0.3, 0.4) is 0 Å². The zero-order valence-corrected chi connectivity index (χ0v) is 18.9. The highest BCUT2D eigenvalue weighted by Crippen LogP contribution is 2.37. The number of nitrogens with zero attached hydrogens (tertiary/aromatic N) is 3. The third-order valence-corrected chi connectivity index (χ3v) is 6.64. The van der Waals surface area contributed by atoms with Gasteiger partial charge in [-0.05, 0) is 56.0 Å². The van der Waals surface area contributed by atoms with Gasteiger partial charge in [0.25, 0.3) is 5.91 Å². The Morgan fingerprint density at radius 1 is 1.06 bits per heavy atom. The Labute approximate surface area is 192 Å². The minimum atomic E-state index is -0.317. The van der Waals surface area contributed by atoms with Gasteiger partial charge < -0.3 is 23.7 Å². The molecule has 1 atom stereocenters. The Hall–Kier alpha value is -3.13. The molecule has 2 aliphatic heterocycles. The fraction of sp³-hybridized carbons (Fsp3) is 0.440. The van der Waals surface area contributed by atoms with Crippen molar-refractivity contribution in [3.8, 4) is 22.9 Å². The first-order valence-electron chi connectivity index (χ1n) is 11.4. The summed E-state index contributed by atoms with van der Waals surface area (Å²) in [5.41, 5.74) is 2.35. The molecule has 7 nitrogen and oxygen atoms in total. The molecule has 1 aromatic heterocycles. The summed E-state index contributed by atoms with van der Waals surface area (Å²) in [7, 11) is 3.20. The van der Waals surface area contributed by atoms with E-state index in [-0.39, 0.29) is 23.9 Å². The van der Waals surface area contributed by atoms with Gasteiger partial charge in [-0.15, -0.1) is 0 Å². The van der Waals surface area contributed by atoms with Gasteiger partial charge in [0.2, 0.25) is 0 Å². The zero-order valence-electron chi connectivity index (χ0n) is 18.9. The van der Waals surface area contributed by atoms with E-state index in [0.29, 0.717) is 36.7 Å². The molecule has 0 aliphatic carbocycles. The topological polar surface area (TPSA) is 65.8 Å². The van der Waals surface area contributed by atoms with Gasteiger partial charge in [0.05, 0.1) is 25.3 Å². The molecule has 0 radical (unpaired) electrons. The number of hydrogen-bond acceptors (Lipinski definition) is 5. The average Bonchev–Trinajstić information content (AvgIpc) is 3.51. The van der Waals surface area contributed by atoms with Crippen molar-refractivity contribution in [1.82, 2.24) is 14.5 Å². The van der Waals surface area contributed by atoms with Gasteiger partial charge in [-0.2, -0.15) is 0 Å². The van der Waals surface area contributed by atoms with E-state index in [4.69, 9.17) is 19.2 Å². The highest BCUT2D eigenvalue weighted by Gasteiger charge is 2.32. The molecule has 0 spiro atoms. The maximum atomic E-state index is 14.0. The first-order valence-corrected chi connectivity index (χ1v) is 11.4. The quantitative estimate of drug-likeness (QED) is 0.579. The smallest absolute Gasteiger partial charge is 0.251 e. The summed E-state index contributed by atoms with van der Waals surface area (Å²) in [6.07, 6.45) is 3.04. The minimum Gasteiger partial charge on any atom is -0.493 e. The first kappa shape index (κ1) is 21.7. The normalized spacial score (nSPS) is 19.2. The third kappa shape index (κ3) is 4.04. The number of amides is 1. The van der Waals surface area contributed by atoms with Crippen LogP contribution in [0.25, 0.3) is 22.4 Å². The van der Waals surface area contributed by atoms with E-state index < -0.39 is 0 Å². The monoisotopic (exact) mass is 453 g/mol. The van der Waals surface area contributed by atoms with E-state index in [2.05, 4.69) is 4.57 Å². The highest BCUT2D eigenvalue weighted by molar-refractivity contribution is 5.82. The summed E-state index contributed by atoms with van der Waals surface area (Å²) in [6.45, 7) is 1.99. The van der Waals surface area contributed by atoms with Crippen LogP contribution in [-0.2, 0) is 9.53 Å². The number of hydrogen-bond donors (Lipinski definition) is 0. The standard InChI is InChI=1S/C25H28FN3O4/c1-31-21-8-5-16(14-23(21)32-2)24-27-19-15-17(26)6-7-20(19)29(24)18-9-11-28(12-10-18)25(30)22-4-3-13-33-22/h5-8,14-15,18,22H,3-4,9-13H2,1-2H3/t22-/m1/s1. The largest absolute Gasteiger partial charge is 0.493 e. The predicted octanol–water partition coefficient (Wildman–Crippen LogP) is 4.20. The van der Waals surface area contributed by atoms with Crippen molar-refractivity contribution in [1.29, 1.82) is 0 Å². The second kappa shape index (κ2) is 9.02. The SMILES string of the molecule is COc1ccc(-c2nc3cc(F)ccc3n2C2CCN(C(=O)[C@H]3CCCO3)CC2)cc1OC. The number of rotatable bonds is 5. The van der Waals surface area contributed by atoms with Crippen molar-refractivity contribution in [2.75, 3.05) is 33.9 Å². The maximum absolute atomic E-state index is 14.0. The second-order valence-corrected chi connectivity index (χ2v) is 8.57. The number of imidazole rings is 1. The summed E-state index contributed by atoms with van der Waals surface area (Å²) in [5, 5.41) is 0. The molecule has 33 heavy (non-hydrogen) atoms. The summed E-state index contributed by atoms with van der Waals surface area (Å²) in [5.74, 6) is 1.78. The van der Waals surface area contributed by atoms with Gasteiger partial charge in [0.15, 0.2) is 11.5 Å². The molecule has 3 heterocycles. The van der Waals surface area contributed by atoms with Crippen LogP contribution in [-0.4, -0.2) is 60.4 Å². The van der Waals surface area contributed by atoms with Gasteiger partial charge >= 0.3 is 0 Å². The van der Waals surface area contributed by atoms with Crippen molar-refractivity contribution < 1.29 is 23.4 Å². The summed E-state index contributed by atoms with van der Waals surface area (Å²) in [6, 6.07) is 10.5. The number of piperidine rings is 1. The summed E-state index contributed by atoms with van der Waals surface area (Å²) in [4.78, 5) is 19.5. The molecule has 0 unspecified atom stereocenters. The van der Waals surface area contributed by atoms with Gasteiger partial charge in [0.1, 0.15) is 17.7 Å². The lowest BCUT2D eigenvalue weighted by Crippen LogP contribution is -2.44. The van der Waals surface area contributed by atoms with Crippen molar-refractivity contribution in [2.45, 2.75) is 37.8 Å². The Bertz CT molecular complexity index is 1160. The maximum Gasteiger partial charge on any atom is 0.251 e. The predicted molar refractivity (Wildman–Crippen MR) is 122 cm³/mol. The number of ether oxygens (including phenoxy) is 3. The lowest BCUT2D eigenvalue weighted by atomic mass is 10.0. The van der Waals surface area contributed by atoms with E-state index in [1.54, 1.807) is 20.3 Å². The molecule has 2 saturated heterocycles. The van der Waals surface area contributed by atoms with Crippen molar-refractivity contribution in [3.05, 3.63) is 42.2 Å². The molecular formula is C25H28FN3O4. The summed E-state index contributed by atoms with van der Waals surface area (Å²) < 4.78 is 32.6. The van der Waals surface area contributed by atoms with Crippen molar-refractivity contribution in [2.24, 2.45) is 0 Å². The number of likely N-dealkylation sites (tertiary alicyclic amines) is 1. The molecule has 1 amide bonds. The zero-order chi connectivity index (χ0) is 22.9. The molecule has 2 aliphatic rings. The van der Waals surface area contributed by atoms with Gasteiger partial charge in [-0.1, -0.05) is 0 Å². The number of fused-ring (bicyclic) bond motifs is 1. The highest BCUT2D eigenvalue weighted by atomic mass is 19.1. The lowest BCUT2D eigenvalue weighted by molar-refractivity contribution is -0.142. The van der Waals surface area contributed by atoms with E-state index >= 15 is 0 Å². The van der Waals surface area contributed by atoms with Gasteiger partial charge in [0, 0.05) is 37.4 Å². The van der Waals surface area contributed by atoms with Crippen LogP contribution in [0.4, 0.5) is 4.39 Å². The number of carbonyl (C=O) groups excluding carboxylic acids is 1. The Balaban J connectivity index is 1.48. The molecule has 2 aromatic carbocycles. The van der Waals surface area contributed by atoms with E-state index in [9.17, 15) is 9.18 Å². The van der Waals surface area contributed by atoms with Crippen LogP contribution in [0.5, 0.6) is 11.5 Å². The molecule has 0 saturated carbocycles. The number of carbonyl (C=O) groups is 1. The second-order valence-electron chi connectivity index (χ2n) is 8.57. The van der Waals surface area contributed by atoms with Gasteiger partial charge in [-0.3, -0.25) is 4.79 Å². The fourth-order valence-corrected chi connectivity index (χ4v) is 4.94. The van der Waals surface area contributed by atoms with Crippen LogP contribution in [0.15, 0.2) is 36.4 Å². The number of halogens is 1. The molecule has 0 N–H and O–H groups in total. The molecule has 2 fully saturated rings.